The summed E-state index contributed by atoms with van der Waals surface area (Å²) in [6.07, 6.45) is 0.535. The minimum absolute atomic E-state index is 0.0820. The predicted molar refractivity (Wildman–Crippen MR) is 52.5 cm³/mol. The monoisotopic (exact) mass is 187 g/mol. The number of hydrogen-bond acceptors (Lipinski definition) is 3. The second kappa shape index (κ2) is 3.95. The Morgan fingerprint density at radius 1 is 1.38 bits per heavy atom. The van der Waals surface area contributed by atoms with E-state index in [0.29, 0.717) is 6.54 Å². The third-order valence-electron chi connectivity index (χ3n) is 2.90. The van der Waals surface area contributed by atoms with E-state index in [9.17, 15) is 5.11 Å². The van der Waals surface area contributed by atoms with Gasteiger partial charge in [-0.1, -0.05) is 0 Å². The van der Waals surface area contributed by atoms with Crippen LogP contribution in [0.25, 0.3) is 0 Å². The van der Waals surface area contributed by atoms with Crippen molar-refractivity contribution in [3.05, 3.63) is 0 Å². The van der Waals surface area contributed by atoms with Gasteiger partial charge in [-0.15, -0.1) is 0 Å². The molecule has 0 saturated carbocycles. The molecule has 0 aromatic carbocycles. The van der Waals surface area contributed by atoms with Crippen LogP contribution in [-0.4, -0.2) is 46.5 Å². The highest BCUT2D eigenvalue weighted by atomic mass is 16.3. The fourth-order valence-corrected chi connectivity index (χ4v) is 1.80. The normalized spacial score (nSPS) is 32.1. The molecular formula is C10H21NO2. The van der Waals surface area contributed by atoms with Gasteiger partial charge in [-0.25, -0.2) is 0 Å². The molecule has 0 aliphatic carbocycles. The van der Waals surface area contributed by atoms with Crippen molar-refractivity contribution in [3.63, 3.8) is 0 Å². The lowest BCUT2D eigenvalue weighted by molar-refractivity contribution is -0.0314. The summed E-state index contributed by atoms with van der Waals surface area (Å²) < 4.78 is 0. The second-order valence-corrected chi connectivity index (χ2v) is 4.92. The first kappa shape index (κ1) is 11.0. The number of aliphatic hydroxyl groups is 2. The van der Waals surface area contributed by atoms with Crippen molar-refractivity contribution >= 4 is 0 Å². The Balaban J connectivity index is 2.51. The van der Waals surface area contributed by atoms with E-state index in [1.165, 1.54) is 0 Å². The highest BCUT2D eigenvalue weighted by molar-refractivity contribution is 4.86. The molecule has 13 heavy (non-hydrogen) atoms. The second-order valence-electron chi connectivity index (χ2n) is 4.92. The third-order valence-corrected chi connectivity index (χ3v) is 2.90. The molecule has 3 nitrogen and oxygen atoms in total. The highest BCUT2D eigenvalue weighted by Crippen LogP contribution is 2.23. The number of hydrogen-bond donors (Lipinski definition) is 2. The van der Waals surface area contributed by atoms with Gasteiger partial charge in [-0.3, -0.25) is 4.90 Å². The van der Waals surface area contributed by atoms with E-state index in [1.54, 1.807) is 0 Å². The van der Waals surface area contributed by atoms with Crippen molar-refractivity contribution in [2.24, 2.45) is 5.92 Å². The molecule has 1 rings (SSSR count). The van der Waals surface area contributed by atoms with Gasteiger partial charge in [0.15, 0.2) is 0 Å². The summed E-state index contributed by atoms with van der Waals surface area (Å²) in [7, 11) is 0. The lowest BCUT2D eigenvalue weighted by Gasteiger charge is -2.42. The molecule has 1 aliphatic heterocycles. The van der Waals surface area contributed by atoms with Crippen LogP contribution in [0.5, 0.6) is 0 Å². The Morgan fingerprint density at radius 2 is 2.00 bits per heavy atom. The molecule has 1 aliphatic rings. The van der Waals surface area contributed by atoms with E-state index in [2.05, 4.69) is 25.7 Å². The average Bonchev–Trinajstić information content (AvgIpc) is 2.02. The zero-order valence-corrected chi connectivity index (χ0v) is 8.82. The first-order chi connectivity index (χ1) is 5.95. The maximum absolute atomic E-state index is 9.70. The van der Waals surface area contributed by atoms with Gasteiger partial charge in [-0.05, 0) is 33.7 Å². The summed E-state index contributed by atoms with van der Waals surface area (Å²) in [6.45, 7) is 8.23. The molecule has 0 spiro atoms. The molecule has 0 aromatic rings. The summed E-state index contributed by atoms with van der Waals surface area (Å²) in [5, 5.41) is 18.7. The quantitative estimate of drug-likeness (QED) is 0.627. The van der Waals surface area contributed by atoms with Crippen LogP contribution >= 0.6 is 0 Å². The Morgan fingerprint density at radius 3 is 2.38 bits per heavy atom. The van der Waals surface area contributed by atoms with E-state index in [0.717, 1.165) is 13.0 Å². The number of rotatable bonds is 1. The van der Waals surface area contributed by atoms with Crippen LogP contribution < -0.4 is 0 Å². The topological polar surface area (TPSA) is 43.7 Å². The van der Waals surface area contributed by atoms with Crippen molar-refractivity contribution in [1.82, 2.24) is 4.90 Å². The first-order valence-corrected chi connectivity index (χ1v) is 4.99. The van der Waals surface area contributed by atoms with Gasteiger partial charge >= 0.3 is 0 Å². The van der Waals surface area contributed by atoms with Crippen LogP contribution in [-0.2, 0) is 0 Å². The van der Waals surface area contributed by atoms with Gasteiger partial charge < -0.3 is 10.2 Å². The molecule has 0 bridgehead atoms. The van der Waals surface area contributed by atoms with Crippen molar-refractivity contribution < 1.29 is 10.2 Å². The van der Waals surface area contributed by atoms with Crippen LogP contribution in [0.3, 0.4) is 0 Å². The van der Waals surface area contributed by atoms with Gasteiger partial charge in [-0.2, -0.15) is 0 Å². The van der Waals surface area contributed by atoms with Gasteiger partial charge in [0.25, 0.3) is 0 Å². The van der Waals surface area contributed by atoms with Crippen LogP contribution in [0.1, 0.15) is 27.2 Å². The predicted octanol–water partition coefficient (Wildman–Crippen LogP) is 0.460. The maximum Gasteiger partial charge on any atom is 0.0717 e. The number of piperidine rings is 1. The molecule has 1 fully saturated rings. The van der Waals surface area contributed by atoms with E-state index in [-0.39, 0.29) is 24.2 Å². The fourth-order valence-electron chi connectivity index (χ4n) is 1.80. The SMILES string of the molecule is CC(C)(C)N1CC[C@@H](CO)[C@@H](O)C1. The molecule has 0 aromatic heterocycles. The van der Waals surface area contributed by atoms with Gasteiger partial charge in [0.2, 0.25) is 0 Å². The van der Waals surface area contributed by atoms with Crippen molar-refractivity contribution in [2.45, 2.75) is 38.8 Å². The van der Waals surface area contributed by atoms with E-state index in [4.69, 9.17) is 5.11 Å². The molecular weight excluding hydrogens is 166 g/mol. The molecule has 78 valence electrons. The van der Waals surface area contributed by atoms with Gasteiger partial charge in [0.05, 0.1) is 6.10 Å². The minimum atomic E-state index is -0.363. The van der Waals surface area contributed by atoms with E-state index < -0.39 is 0 Å². The van der Waals surface area contributed by atoms with Crippen LogP contribution in [0, 0.1) is 5.92 Å². The number of β-amino-alcohol motifs (C(OH)–C–C–N with tert-alkyl or cyclic N) is 1. The smallest absolute Gasteiger partial charge is 0.0717 e. The molecule has 1 saturated heterocycles. The van der Waals surface area contributed by atoms with Gasteiger partial charge in [0.1, 0.15) is 0 Å². The van der Waals surface area contributed by atoms with Crippen molar-refractivity contribution in [2.75, 3.05) is 19.7 Å². The zero-order valence-electron chi connectivity index (χ0n) is 8.82. The Kier molecular flexibility index (Phi) is 3.33. The molecule has 3 heteroatoms. The largest absolute Gasteiger partial charge is 0.396 e. The maximum atomic E-state index is 9.70. The van der Waals surface area contributed by atoms with Crippen LogP contribution in [0.2, 0.25) is 0 Å². The third kappa shape index (κ3) is 2.66. The molecule has 0 amide bonds. The number of nitrogens with zero attached hydrogens (tertiary/aromatic N) is 1. The number of likely N-dealkylation sites (tertiary alicyclic amines) is 1. The Labute approximate surface area is 80.4 Å². The lowest BCUT2D eigenvalue weighted by atomic mass is 9.91. The molecule has 2 N–H and O–H groups in total. The highest BCUT2D eigenvalue weighted by Gasteiger charge is 2.32. The van der Waals surface area contributed by atoms with Crippen LogP contribution in [0.4, 0.5) is 0 Å². The summed E-state index contributed by atoms with van der Waals surface area (Å²) in [5.74, 6) is 0.0820. The fraction of sp³-hybridized carbons (Fsp3) is 1.00. The lowest BCUT2D eigenvalue weighted by Crippen LogP contribution is -2.52. The van der Waals surface area contributed by atoms with Gasteiger partial charge in [0, 0.05) is 24.6 Å². The van der Waals surface area contributed by atoms with Crippen molar-refractivity contribution in [1.29, 1.82) is 0 Å². The number of aliphatic hydroxyl groups excluding tert-OH is 2. The Bertz CT molecular complexity index is 165. The molecule has 1 heterocycles. The summed E-state index contributed by atoms with van der Waals surface area (Å²) in [5.41, 5.74) is 0.126. The summed E-state index contributed by atoms with van der Waals surface area (Å²) in [4.78, 5) is 2.27. The standard InChI is InChI=1S/C10H21NO2/c1-10(2,3)11-5-4-8(7-12)9(13)6-11/h8-9,12-13H,4-7H2,1-3H3/t8-,9-/m0/s1. The zero-order chi connectivity index (χ0) is 10.1. The summed E-state index contributed by atoms with van der Waals surface area (Å²) in [6, 6.07) is 0. The average molecular weight is 187 g/mol. The van der Waals surface area contributed by atoms with Crippen LogP contribution in [0.15, 0.2) is 0 Å². The van der Waals surface area contributed by atoms with E-state index >= 15 is 0 Å². The summed E-state index contributed by atoms with van der Waals surface area (Å²) >= 11 is 0. The minimum Gasteiger partial charge on any atom is -0.396 e. The first-order valence-electron chi connectivity index (χ1n) is 4.99. The van der Waals surface area contributed by atoms with E-state index in [1.807, 2.05) is 0 Å². The molecule has 0 radical (unpaired) electrons. The molecule has 2 atom stereocenters. The Hall–Kier alpha value is -0.120. The van der Waals surface area contributed by atoms with Crippen molar-refractivity contribution in [3.8, 4) is 0 Å². The molecule has 0 unspecified atom stereocenters.